The lowest BCUT2D eigenvalue weighted by molar-refractivity contribution is -0.219. The van der Waals surface area contributed by atoms with Crippen molar-refractivity contribution in [3.05, 3.63) is 0 Å². The highest BCUT2D eigenvalue weighted by Crippen LogP contribution is 2.39. The molecule has 0 spiro atoms. The molecule has 0 aromatic rings. The van der Waals surface area contributed by atoms with Gasteiger partial charge in [0, 0.05) is 13.2 Å². The van der Waals surface area contributed by atoms with E-state index in [2.05, 4.69) is 4.74 Å². The largest absolute Gasteiger partial charge is 0.469 e. The quantitative estimate of drug-likeness (QED) is 0.709. The van der Waals surface area contributed by atoms with Crippen molar-refractivity contribution >= 4 is 5.97 Å². The van der Waals surface area contributed by atoms with E-state index in [-0.39, 0.29) is 24.6 Å². The second-order valence-corrected chi connectivity index (χ2v) is 5.21. The van der Waals surface area contributed by atoms with Gasteiger partial charge in [0.25, 0.3) is 0 Å². The van der Waals surface area contributed by atoms with Crippen LogP contribution in [0.1, 0.15) is 20.3 Å². The normalized spacial score (nSPS) is 37.9. The monoisotopic (exact) mass is 275 g/mol. The van der Waals surface area contributed by atoms with E-state index < -0.39 is 24.2 Å². The summed E-state index contributed by atoms with van der Waals surface area (Å²) in [5.74, 6) is -1.09. The lowest BCUT2D eigenvalue weighted by atomic mass is 10.0. The fourth-order valence-corrected chi connectivity index (χ4v) is 2.51. The number of carbonyl (C=O) groups excluding carboxylic acids is 1. The second kappa shape index (κ2) is 5.34. The number of fused-ring (bicyclic) bond motifs is 1. The molecule has 2 saturated heterocycles. The van der Waals surface area contributed by atoms with Crippen molar-refractivity contribution < 1.29 is 28.5 Å². The van der Waals surface area contributed by atoms with Crippen molar-refractivity contribution in [2.24, 2.45) is 5.73 Å². The molecule has 0 unspecified atom stereocenters. The van der Waals surface area contributed by atoms with Crippen LogP contribution in [-0.2, 0) is 28.5 Å². The van der Waals surface area contributed by atoms with Crippen molar-refractivity contribution in [3.63, 3.8) is 0 Å². The van der Waals surface area contributed by atoms with Crippen LogP contribution < -0.4 is 5.73 Å². The Hall–Kier alpha value is -0.730. The van der Waals surface area contributed by atoms with Crippen molar-refractivity contribution in [3.8, 4) is 0 Å². The molecule has 110 valence electrons. The summed E-state index contributed by atoms with van der Waals surface area (Å²) in [5, 5.41) is 0. The lowest BCUT2D eigenvalue weighted by Crippen LogP contribution is -2.47. The molecule has 7 heteroatoms. The Bertz CT molecular complexity index is 347. The fraction of sp³-hybridized carbons (Fsp3) is 0.917. The van der Waals surface area contributed by atoms with Crippen LogP contribution in [0.5, 0.6) is 0 Å². The van der Waals surface area contributed by atoms with Gasteiger partial charge in [-0.1, -0.05) is 0 Å². The Morgan fingerprint density at radius 3 is 2.63 bits per heavy atom. The third-order valence-electron chi connectivity index (χ3n) is 3.35. The molecule has 2 N–H and O–H groups in total. The van der Waals surface area contributed by atoms with E-state index in [0.717, 1.165) is 0 Å². The summed E-state index contributed by atoms with van der Waals surface area (Å²) in [6, 6.07) is -0.529. The molecule has 2 rings (SSSR count). The first-order valence-electron chi connectivity index (χ1n) is 6.24. The van der Waals surface area contributed by atoms with E-state index in [1.165, 1.54) is 7.11 Å². The third-order valence-corrected chi connectivity index (χ3v) is 3.35. The Labute approximate surface area is 112 Å². The zero-order valence-corrected chi connectivity index (χ0v) is 11.6. The number of nitrogens with two attached hydrogens (primary N) is 1. The molecule has 2 aliphatic rings. The van der Waals surface area contributed by atoms with Crippen molar-refractivity contribution in [1.29, 1.82) is 0 Å². The zero-order chi connectivity index (χ0) is 14.2. The van der Waals surface area contributed by atoms with E-state index in [0.29, 0.717) is 0 Å². The predicted octanol–water partition coefficient (Wildman–Crippen LogP) is -0.232. The highest BCUT2D eigenvalue weighted by molar-refractivity contribution is 5.70. The van der Waals surface area contributed by atoms with Crippen molar-refractivity contribution in [2.45, 2.75) is 56.7 Å². The summed E-state index contributed by atoms with van der Waals surface area (Å²) < 4.78 is 27.1. The summed E-state index contributed by atoms with van der Waals surface area (Å²) in [7, 11) is 2.88. The number of esters is 1. The summed E-state index contributed by atoms with van der Waals surface area (Å²) in [4.78, 5) is 11.3. The minimum Gasteiger partial charge on any atom is -0.469 e. The zero-order valence-electron chi connectivity index (χ0n) is 11.6. The summed E-state index contributed by atoms with van der Waals surface area (Å²) in [6.45, 7) is 3.62. The van der Waals surface area contributed by atoms with E-state index in [4.69, 9.17) is 24.7 Å². The van der Waals surface area contributed by atoms with Crippen LogP contribution >= 0.6 is 0 Å². The standard InChI is InChI=1S/C12H21NO6/c1-12(2)18-10-9(16-4)8(17-11(10)19-12)6(13)5-7(14)15-3/h6,8-11H,5,13H2,1-4H3/t6-,8-,9-,10-,11-/m1/s1. The van der Waals surface area contributed by atoms with Gasteiger partial charge in [-0.15, -0.1) is 0 Å². The first-order valence-corrected chi connectivity index (χ1v) is 6.24. The molecule has 0 aliphatic carbocycles. The Morgan fingerprint density at radius 2 is 2.05 bits per heavy atom. The average Bonchev–Trinajstić information content (AvgIpc) is 2.80. The van der Waals surface area contributed by atoms with Gasteiger partial charge in [-0.2, -0.15) is 0 Å². The van der Waals surface area contributed by atoms with E-state index in [1.807, 2.05) is 13.8 Å². The van der Waals surface area contributed by atoms with Crippen molar-refractivity contribution in [2.75, 3.05) is 14.2 Å². The van der Waals surface area contributed by atoms with Crippen LogP contribution in [0.15, 0.2) is 0 Å². The predicted molar refractivity (Wildman–Crippen MR) is 64.1 cm³/mol. The lowest BCUT2D eigenvalue weighted by Gasteiger charge is -2.27. The molecule has 7 nitrogen and oxygen atoms in total. The molecule has 2 fully saturated rings. The van der Waals surface area contributed by atoms with Gasteiger partial charge in [0.1, 0.15) is 18.3 Å². The van der Waals surface area contributed by atoms with Gasteiger partial charge in [-0.05, 0) is 13.8 Å². The highest BCUT2D eigenvalue weighted by Gasteiger charge is 2.56. The molecule has 0 radical (unpaired) electrons. The molecular weight excluding hydrogens is 254 g/mol. The van der Waals surface area contributed by atoms with Gasteiger partial charge in [-0.3, -0.25) is 4.79 Å². The van der Waals surface area contributed by atoms with Gasteiger partial charge >= 0.3 is 5.97 Å². The number of methoxy groups -OCH3 is 2. The van der Waals surface area contributed by atoms with E-state index in [1.54, 1.807) is 7.11 Å². The second-order valence-electron chi connectivity index (χ2n) is 5.21. The van der Waals surface area contributed by atoms with Crippen LogP contribution in [0.4, 0.5) is 0 Å². The number of rotatable bonds is 4. The summed E-state index contributed by atoms with van der Waals surface area (Å²) in [6.07, 6.45) is -1.63. The molecule has 19 heavy (non-hydrogen) atoms. The molecule has 0 aromatic heterocycles. The van der Waals surface area contributed by atoms with Gasteiger partial charge in [0.05, 0.1) is 13.5 Å². The molecule has 0 amide bonds. The fourth-order valence-electron chi connectivity index (χ4n) is 2.51. The summed E-state index contributed by atoms with van der Waals surface area (Å²) >= 11 is 0. The van der Waals surface area contributed by atoms with Crippen LogP contribution in [0.2, 0.25) is 0 Å². The van der Waals surface area contributed by atoms with Crippen molar-refractivity contribution in [1.82, 2.24) is 0 Å². The summed E-state index contributed by atoms with van der Waals surface area (Å²) in [5.41, 5.74) is 5.98. The SMILES string of the molecule is COC(=O)C[C@@H](N)[C@H]1O[C@@H]2OC(C)(C)O[C@@H]2[C@@H]1OC. The highest BCUT2D eigenvalue weighted by atomic mass is 16.8. The molecular formula is C12H21NO6. The Balaban J connectivity index is 2.03. The van der Waals surface area contributed by atoms with E-state index in [9.17, 15) is 4.79 Å². The minimum absolute atomic E-state index is 0.0594. The maximum Gasteiger partial charge on any atom is 0.307 e. The van der Waals surface area contributed by atoms with Crippen LogP contribution in [-0.4, -0.2) is 56.6 Å². The van der Waals surface area contributed by atoms with Gasteiger partial charge in [-0.25, -0.2) is 0 Å². The minimum atomic E-state index is -0.705. The molecule has 0 bridgehead atoms. The molecule has 0 aromatic carbocycles. The molecule has 5 atom stereocenters. The topological polar surface area (TPSA) is 89.2 Å². The maximum absolute atomic E-state index is 11.3. The third kappa shape index (κ3) is 2.90. The number of carbonyl (C=O) groups is 1. The van der Waals surface area contributed by atoms with Crippen LogP contribution in [0, 0.1) is 0 Å². The number of ether oxygens (including phenoxy) is 5. The van der Waals surface area contributed by atoms with Crippen LogP contribution in [0.25, 0.3) is 0 Å². The average molecular weight is 275 g/mol. The first-order chi connectivity index (χ1) is 8.88. The number of hydrogen-bond donors (Lipinski definition) is 1. The van der Waals surface area contributed by atoms with E-state index >= 15 is 0 Å². The molecule has 2 aliphatic heterocycles. The Kier molecular flexibility index (Phi) is 4.12. The maximum atomic E-state index is 11.3. The molecule has 2 heterocycles. The van der Waals surface area contributed by atoms with Gasteiger partial charge < -0.3 is 29.4 Å². The van der Waals surface area contributed by atoms with Crippen LogP contribution in [0.3, 0.4) is 0 Å². The van der Waals surface area contributed by atoms with Gasteiger partial charge in [0.15, 0.2) is 12.1 Å². The van der Waals surface area contributed by atoms with Gasteiger partial charge in [0.2, 0.25) is 0 Å². The first kappa shape index (κ1) is 14.7. The molecule has 0 saturated carbocycles. The smallest absolute Gasteiger partial charge is 0.307 e. The Morgan fingerprint density at radius 1 is 1.37 bits per heavy atom. The number of hydrogen-bond acceptors (Lipinski definition) is 7.